The fraction of sp³-hybridized carbons (Fsp3) is 0.500. The zero-order valence-corrected chi connectivity index (χ0v) is 5.21. The fourth-order valence-corrected chi connectivity index (χ4v) is 0.906. The highest BCUT2D eigenvalue weighted by atomic mass is 16.2. The number of carbonyl (C=O) groups excluding carboxylic acids is 1. The summed E-state index contributed by atoms with van der Waals surface area (Å²) < 4.78 is 0. The van der Waals surface area contributed by atoms with E-state index >= 15 is 0 Å². The van der Waals surface area contributed by atoms with E-state index < -0.39 is 0 Å². The molecule has 2 nitrogen and oxygen atoms in total. The third-order valence-electron chi connectivity index (χ3n) is 1.50. The molecule has 1 aliphatic heterocycles. The van der Waals surface area contributed by atoms with Crippen LogP contribution in [-0.4, -0.2) is 25.2 Å². The first kappa shape index (κ1) is 6.40. The van der Waals surface area contributed by atoms with Gasteiger partial charge < -0.3 is 4.90 Å². The van der Waals surface area contributed by atoms with Gasteiger partial charge in [0.2, 0.25) is 5.91 Å². The van der Waals surface area contributed by atoms with Gasteiger partial charge in [0, 0.05) is 12.4 Å². The lowest BCUT2D eigenvalue weighted by Gasteiger charge is -2.07. The number of carbonyl (C=O) groups is 1. The van der Waals surface area contributed by atoms with Gasteiger partial charge in [0.25, 0.3) is 0 Å². The zero-order valence-electron chi connectivity index (χ0n) is 5.21. The Morgan fingerprint density at radius 2 is 2.56 bits per heavy atom. The van der Waals surface area contributed by atoms with Crippen LogP contribution in [0, 0.1) is 0 Å². The molecule has 1 atom stereocenters. The molecule has 0 aromatic rings. The van der Waals surface area contributed by atoms with E-state index in [0.29, 0.717) is 0 Å². The molecular weight excluding hydrogens is 113 g/mol. The number of nitrogens with zero attached hydrogens (tertiary/aromatic N) is 1. The number of rotatable bonds is 1. The van der Waals surface area contributed by atoms with Crippen LogP contribution in [0.5, 0.6) is 0 Å². The minimum Gasteiger partial charge on any atom is -0.320 e. The molecule has 0 N–H and O–H groups in total. The Hall–Kier alpha value is -0.725. The molecule has 0 aliphatic carbocycles. The van der Waals surface area contributed by atoms with Gasteiger partial charge in [0.05, 0.1) is 7.85 Å². The SMILES string of the molecule is [B]C1CCN(C=C)C1=O. The first-order chi connectivity index (χ1) is 4.25. The van der Waals surface area contributed by atoms with E-state index in [1.165, 1.54) is 6.20 Å². The minimum atomic E-state index is -0.289. The van der Waals surface area contributed by atoms with Gasteiger partial charge in [-0.2, -0.15) is 0 Å². The summed E-state index contributed by atoms with van der Waals surface area (Å²) in [7, 11) is 5.41. The molecule has 0 aromatic carbocycles. The van der Waals surface area contributed by atoms with Crippen LogP contribution >= 0.6 is 0 Å². The molecule has 0 saturated carbocycles. The topological polar surface area (TPSA) is 20.3 Å². The van der Waals surface area contributed by atoms with E-state index in [0.717, 1.165) is 13.0 Å². The molecule has 1 unspecified atom stereocenters. The van der Waals surface area contributed by atoms with Crippen LogP contribution in [0.15, 0.2) is 12.8 Å². The molecule has 0 bridgehead atoms. The molecule has 0 spiro atoms. The Morgan fingerprint density at radius 3 is 2.78 bits per heavy atom. The standard InChI is InChI=1S/C6H8BNO/c1-2-8-4-3-5(7)6(8)9/h2,5H,1,3-4H2. The van der Waals surface area contributed by atoms with Gasteiger partial charge in [-0.3, -0.25) is 4.79 Å². The number of hydrogen-bond acceptors (Lipinski definition) is 1. The normalized spacial score (nSPS) is 26.9. The molecule has 1 heterocycles. The van der Waals surface area contributed by atoms with Gasteiger partial charge in [0.15, 0.2) is 0 Å². The molecule has 0 aromatic heterocycles. The summed E-state index contributed by atoms with van der Waals surface area (Å²) >= 11 is 0. The highest BCUT2D eigenvalue weighted by Crippen LogP contribution is 2.19. The second kappa shape index (κ2) is 2.25. The third kappa shape index (κ3) is 0.993. The van der Waals surface area contributed by atoms with Crippen LogP contribution in [0.1, 0.15) is 6.42 Å². The summed E-state index contributed by atoms with van der Waals surface area (Å²) in [6.07, 6.45) is 2.28. The summed E-state index contributed by atoms with van der Waals surface area (Å²) in [4.78, 5) is 12.4. The summed E-state index contributed by atoms with van der Waals surface area (Å²) in [5, 5.41) is 0. The van der Waals surface area contributed by atoms with Crippen molar-refractivity contribution in [1.29, 1.82) is 0 Å². The monoisotopic (exact) mass is 121 g/mol. The van der Waals surface area contributed by atoms with E-state index in [-0.39, 0.29) is 11.7 Å². The Balaban J connectivity index is 2.61. The highest BCUT2D eigenvalue weighted by molar-refractivity contribution is 6.24. The van der Waals surface area contributed by atoms with Crippen molar-refractivity contribution in [2.24, 2.45) is 0 Å². The second-order valence-corrected chi connectivity index (χ2v) is 2.11. The lowest BCUT2D eigenvalue weighted by molar-refractivity contribution is -0.125. The first-order valence-electron chi connectivity index (χ1n) is 2.94. The van der Waals surface area contributed by atoms with Crippen molar-refractivity contribution in [3.63, 3.8) is 0 Å². The molecular formula is C6H8BNO. The van der Waals surface area contributed by atoms with Crippen LogP contribution < -0.4 is 0 Å². The van der Waals surface area contributed by atoms with Gasteiger partial charge >= 0.3 is 0 Å². The molecule has 3 heteroatoms. The number of hydrogen-bond donors (Lipinski definition) is 0. The maximum Gasteiger partial charge on any atom is 0.220 e. The van der Waals surface area contributed by atoms with E-state index in [1.807, 2.05) is 0 Å². The Morgan fingerprint density at radius 1 is 1.89 bits per heavy atom. The number of likely N-dealkylation sites (tertiary alicyclic amines) is 1. The van der Waals surface area contributed by atoms with Crippen molar-refractivity contribution < 1.29 is 4.79 Å². The molecule has 1 rings (SSSR count). The van der Waals surface area contributed by atoms with Crippen molar-refractivity contribution >= 4 is 13.8 Å². The van der Waals surface area contributed by atoms with Crippen LogP contribution in [0.25, 0.3) is 0 Å². The number of amides is 1. The van der Waals surface area contributed by atoms with E-state index in [1.54, 1.807) is 4.90 Å². The molecule has 9 heavy (non-hydrogen) atoms. The summed E-state index contributed by atoms with van der Waals surface area (Å²) in [6, 6.07) is 0. The Kier molecular flexibility index (Phi) is 1.60. The van der Waals surface area contributed by atoms with Gasteiger partial charge in [-0.15, -0.1) is 0 Å². The minimum absolute atomic E-state index is 0.00926. The lowest BCUT2D eigenvalue weighted by Crippen LogP contribution is -2.18. The van der Waals surface area contributed by atoms with Crippen molar-refractivity contribution in [3.05, 3.63) is 12.8 Å². The predicted octanol–water partition coefficient (Wildman–Crippen LogP) is 0.319. The van der Waals surface area contributed by atoms with Crippen molar-refractivity contribution in [1.82, 2.24) is 4.90 Å². The lowest BCUT2D eigenvalue weighted by atomic mass is 9.86. The Bertz CT molecular complexity index is 146. The summed E-state index contributed by atoms with van der Waals surface area (Å²) in [5.41, 5.74) is 0. The molecule has 1 saturated heterocycles. The van der Waals surface area contributed by atoms with Gasteiger partial charge in [-0.1, -0.05) is 6.58 Å². The maximum absolute atomic E-state index is 10.9. The van der Waals surface area contributed by atoms with Crippen molar-refractivity contribution in [2.45, 2.75) is 12.2 Å². The van der Waals surface area contributed by atoms with Crippen LogP contribution in [0.2, 0.25) is 5.82 Å². The third-order valence-corrected chi connectivity index (χ3v) is 1.50. The second-order valence-electron chi connectivity index (χ2n) is 2.11. The fourth-order valence-electron chi connectivity index (χ4n) is 0.906. The molecule has 1 aliphatic rings. The molecule has 46 valence electrons. The van der Waals surface area contributed by atoms with E-state index in [9.17, 15) is 4.79 Å². The van der Waals surface area contributed by atoms with Crippen LogP contribution in [0.3, 0.4) is 0 Å². The van der Waals surface area contributed by atoms with Gasteiger partial charge in [-0.05, 0) is 12.6 Å². The summed E-state index contributed by atoms with van der Waals surface area (Å²) in [5.74, 6) is -0.298. The van der Waals surface area contributed by atoms with Gasteiger partial charge in [0.1, 0.15) is 0 Å². The average Bonchev–Trinajstić information content (AvgIpc) is 2.15. The first-order valence-corrected chi connectivity index (χ1v) is 2.94. The van der Waals surface area contributed by atoms with Crippen LogP contribution in [-0.2, 0) is 4.79 Å². The smallest absolute Gasteiger partial charge is 0.220 e. The van der Waals surface area contributed by atoms with E-state index in [4.69, 9.17) is 7.85 Å². The Labute approximate surface area is 55.9 Å². The average molecular weight is 121 g/mol. The summed E-state index contributed by atoms with van der Waals surface area (Å²) in [6.45, 7) is 4.20. The molecule has 2 radical (unpaired) electrons. The van der Waals surface area contributed by atoms with Crippen LogP contribution in [0.4, 0.5) is 0 Å². The largest absolute Gasteiger partial charge is 0.320 e. The van der Waals surface area contributed by atoms with E-state index in [2.05, 4.69) is 6.58 Å². The zero-order chi connectivity index (χ0) is 6.85. The predicted molar refractivity (Wildman–Crippen MR) is 36.0 cm³/mol. The maximum atomic E-state index is 10.9. The molecule has 1 amide bonds. The molecule has 1 fully saturated rings. The van der Waals surface area contributed by atoms with Crippen molar-refractivity contribution in [2.75, 3.05) is 6.54 Å². The van der Waals surface area contributed by atoms with Crippen molar-refractivity contribution in [3.8, 4) is 0 Å². The highest BCUT2D eigenvalue weighted by Gasteiger charge is 2.24. The van der Waals surface area contributed by atoms with Gasteiger partial charge in [-0.25, -0.2) is 0 Å². The quantitative estimate of drug-likeness (QED) is 0.457.